The van der Waals surface area contributed by atoms with Crippen LogP contribution in [-0.2, 0) is 42.6 Å². The van der Waals surface area contributed by atoms with Crippen molar-refractivity contribution in [1.82, 2.24) is 14.8 Å². The molecular formula is C27H32BClN4O9S. The van der Waals surface area contributed by atoms with Gasteiger partial charge in [-0.25, -0.2) is 4.98 Å². The maximum Gasteiger partial charge on any atom is 0.498 e. The minimum Gasteiger partial charge on any atom is -0.463 e. The lowest BCUT2D eigenvalue weighted by Crippen LogP contribution is -2.57. The van der Waals surface area contributed by atoms with Gasteiger partial charge in [0.05, 0.1) is 16.2 Å². The smallest absolute Gasteiger partial charge is 0.463 e. The minimum atomic E-state index is -1.13. The molecule has 2 aliphatic heterocycles. The zero-order chi connectivity index (χ0) is 31.7. The fourth-order valence-corrected chi connectivity index (χ4v) is 6.04. The van der Waals surface area contributed by atoms with Crippen molar-refractivity contribution in [2.45, 2.75) is 94.4 Å². The van der Waals surface area contributed by atoms with Gasteiger partial charge in [0.25, 0.3) is 0 Å². The van der Waals surface area contributed by atoms with Crippen LogP contribution in [0, 0.1) is 11.3 Å². The Morgan fingerprint density at radius 2 is 1.70 bits per heavy atom. The molecule has 3 unspecified atom stereocenters. The van der Waals surface area contributed by atoms with Crippen LogP contribution >= 0.6 is 23.4 Å². The largest absolute Gasteiger partial charge is 0.498 e. The summed E-state index contributed by atoms with van der Waals surface area (Å²) in [7, 11) is -0.754. The fraction of sp³-hybridized carbons (Fsp3) is 0.556. The molecule has 230 valence electrons. The second-order valence-electron chi connectivity index (χ2n) is 11.1. The van der Waals surface area contributed by atoms with Gasteiger partial charge in [-0.15, -0.1) is 0 Å². The molecule has 2 aliphatic rings. The van der Waals surface area contributed by atoms with E-state index in [4.69, 9.17) is 39.9 Å². The van der Waals surface area contributed by atoms with E-state index in [1.165, 1.54) is 37.7 Å². The van der Waals surface area contributed by atoms with E-state index >= 15 is 0 Å². The lowest BCUT2D eigenvalue weighted by molar-refractivity contribution is -0.212. The van der Waals surface area contributed by atoms with Crippen LogP contribution in [0.4, 0.5) is 0 Å². The molecular weight excluding hydrogens is 603 g/mol. The Balaban J connectivity index is 1.80. The normalized spacial score (nSPS) is 25.9. The van der Waals surface area contributed by atoms with Crippen molar-refractivity contribution < 1.29 is 42.6 Å². The Morgan fingerprint density at radius 1 is 1.07 bits per heavy atom. The Kier molecular flexibility index (Phi) is 9.77. The monoisotopic (exact) mass is 634 g/mol. The van der Waals surface area contributed by atoms with Gasteiger partial charge in [-0.1, -0.05) is 23.4 Å². The number of nitrogens with zero attached hydrogens (tertiary/aromatic N) is 4. The molecule has 13 nitrogen and oxygen atoms in total. The Labute approximate surface area is 258 Å². The van der Waals surface area contributed by atoms with E-state index in [-0.39, 0.29) is 17.3 Å². The van der Waals surface area contributed by atoms with Gasteiger partial charge in [-0.3, -0.25) is 19.1 Å². The third-order valence-corrected chi connectivity index (χ3v) is 8.68. The highest BCUT2D eigenvalue weighted by molar-refractivity contribution is 7.99. The Bertz CT molecular complexity index is 1420. The summed E-state index contributed by atoms with van der Waals surface area (Å²) in [5.41, 5.74) is -1.60. The molecule has 4 heterocycles. The van der Waals surface area contributed by atoms with E-state index in [0.29, 0.717) is 10.4 Å². The minimum absolute atomic E-state index is 0.0666. The van der Waals surface area contributed by atoms with Gasteiger partial charge in [-0.05, 0) is 33.8 Å². The van der Waals surface area contributed by atoms with E-state index in [9.17, 15) is 19.6 Å². The Morgan fingerprint density at radius 3 is 2.28 bits per heavy atom. The highest BCUT2D eigenvalue weighted by atomic mass is 35.5. The second kappa shape index (κ2) is 12.8. The molecule has 2 aromatic rings. The third-order valence-electron chi connectivity index (χ3n) is 7.29. The van der Waals surface area contributed by atoms with Gasteiger partial charge < -0.3 is 28.3 Å². The first-order valence-corrected chi connectivity index (χ1v) is 14.6. The van der Waals surface area contributed by atoms with Crippen LogP contribution < -0.4 is 5.46 Å². The average molecular weight is 635 g/mol. The lowest BCUT2D eigenvalue weighted by Gasteiger charge is -2.45. The number of thioether (sulfide) groups is 1. The number of ether oxygens (including phenoxy) is 4. The standard InChI is InChI=1S/C27H32BClN4O9S/c1-14(34)37-13-20-23(38-15(2)35)22(33-12-17(10-32-33)28-41-26(4,5)27(6,7)42-28)24(39-16(3)36)25(40-20)43-21-8-18(29)11-31-19(21)9-30/h8,10-12,20,22-25H,13H2,1-7H3/t20?,22?,23-,24?,25+/m0/s1. The molecule has 0 bridgehead atoms. The van der Waals surface area contributed by atoms with E-state index in [1.54, 1.807) is 12.4 Å². The molecule has 2 saturated heterocycles. The predicted molar refractivity (Wildman–Crippen MR) is 153 cm³/mol. The number of pyridine rings is 1. The zero-order valence-electron chi connectivity index (χ0n) is 24.7. The molecule has 0 spiro atoms. The summed E-state index contributed by atoms with van der Waals surface area (Å²) >= 11 is 7.20. The van der Waals surface area contributed by atoms with Gasteiger partial charge in [0.15, 0.2) is 17.9 Å². The number of halogens is 1. The molecule has 0 aromatic carbocycles. The molecule has 4 rings (SSSR count). The molecule has 2 aromatic heterocycles. The first-order chi connectivity index (χ1) is 20.1. The predicted octanol–water partition coefficient (Wildman–Crippen LogP) is 2.59. The summed E-state index contributed by atoms with van der Waals surface area (Å²) in [6.45, 7) is 11.1. The van der Waals surface area contributed by atoms with Crippen LogP contribution in [0.3, 0.4) is 0 Å². The van der Waals surface area contributed by atoms with Gasteiger partial charge in [-0.2, -0.15) is 10.4 Å². The average Bonchev–Trinajstić information content (AvgIpc) is 3.46. The summed E-state index contributed by atoms with van der Waals surface area (Å²) in [4.78, 5) is 40.9. The van der Waals surface area contributed by atoms with Crippen LogP contribution in [0.5, 0.6) is 0 Å². The summed E-state index contributed by atoms with van der Waals surface area (Å²) < 4.78 is 36.9. The highest BCUT2D eigenvalue weighted by Gasteiger charge is 2.54. The summed E-state index contributed by atoms with van der Waals surface area (Å²) in [5, 5.41) is 14.5. The second-order valence-corrected chi connectivity index (χ2v) is 12.6. The van der Waals surface area contributed by atoms with Crippen LogP contribution in [-0.4, -0.2) is 81.3 Å². The number of rotatable bonds is 8. The van der Waals surface area contributed by atoms with Gasteiger partial charge in [0.1, 0.15) is 30.3 Å². The fourth-order valence-electron chi connectivity index (χ4n) is 4.61. The van der Waals surface area contributed by atoms with Gasteiger partial charge in [0, 0.05) is 49.7 Å². The molecule has 2 fully saturated rings. The number of hydrogen-bond acceptors (Lipinski definition) is 13. The quantitative estimate of drug-likeness (QED) is 0.237. The van der Waals surface area contributed by atoms with Crippen molar-refractivity contribution in [3.05, 3.63) is 35.4 Å². The van der Waals surface area contributed by atoms with E-state index in [1.807, 2.05) is 33.8 Å². The number of esters is 3. The van der Waals surface area contributed by atoms with E-state index in [2.05, 4.69) is 10.1 Å². The van der Waals surface area contributed by atoms with Crippen molar-refractivity contribution in [3.8, 4) is 6.07 Å². The maximum atomic E-state index is 12.4. The summed E-state index contributed by atoms with van der Waals surface area (Å²) in [5.74, 6) is -1.88. The van der Waals surface area contributed by atoms with Crippen molar-refractivity contribution in [1.29, 1.82) is 5.26 Å². The lowest BCUT2D eigenvalue weighted by atomic mass is 9.82. The van der Waals surface area contributed by atoms with Crippen molar-refractivity contribution in [3.63, 3.8) is 0 Å². The molecule has 0 aliphatic carbocycles. The van der Waals surface area contributed by atoms with Gasteiger partial charge >= 0.3 is 25.0 Å². The van der Waals surface area contributed by atoms with E-state index < -0.39 is 66.0 Å². The molecule has 0 radical (unpaired) electrons. The third kappa shape index (κ3) is 7.33. The Hall–Kier alpha value is -3.16. The first-order valence-electron chi connectivity index (χ1n) is 13.4. The van der Waals surface area contributed by atoms with Crippen molar-refractivity contribution in [2.24, 2.45) is 0 Å². The van der Waals surface area contributed by atoms with Crippen molar-refractivity contribution >= 4 is 53.9 Å². The topological polar surface area (TPSA) is 161 Å². The van der Waals surface area contributed by atoms with E-state index in [0.717, 1.165) is 11.8 Å². The van der Waals surface area contributed by atoms with Crippen LogP contribution in [0.1, 0.15) is 60.2 Å². The molecule has 5 atom stereocenters. The highest BCUT2D eigenvalue weighted by Crippen LogP contribution is 2.42. The van der Waals surface area contributed by atoms with Crippen molar-refractivity contribution in [2.75, 3.05) is 6.61 Å². The molecule has 0 N–H and O–H groups in total. The number of carbonyl (C=O) groups excluding carboxylic acids is 3. The van der Waals surface area contributed by atoms with Crippen LogP contribution in [0.2, 0.25) is 5.02 Å². The summed E-state index contributed by atoms with van der Waals surface area (Å²) in [6.07, 6.45) is 1.25. The first kappa shape index (κ1) is 32.8. The molecule has 16 heteroatoms. The summed E-state index contributed by atoms with van der Waals surface area (Å²) in [6, 6.07) is 2.56. The van der Waals surface area contributed by atoms with Gasteiger partial charge in [0.2, 0.25) is 0 Å². The zero-order valence-corrected chi connectivity index (χ0v) is 26.3. The molecule has 0 saturated carbocycles. The number of aromatic nitrogens is 3. The van der Waals surface area contributed by atoms with Crippen LogP contribution in [0.25, 0.3) is 0 Å². The number of hydrogen-bond donors (Lipinski definition) is 0. The SMILES string of the molecule is CC(=O)OCC1O[C@H](Sc2cc(Cl)cnc2C#N)C(OC(C)=O)C(n2cc(B3OC(C)(C)C(C)(C)O3)cn2)[C@H]1OC(C)=O. The molecule has 0 amide bonds. The number of carbonyl (C=O) groups is 3. The maximum absolute atomic E-state index is 12.4. The number of nitriles is 1. The van der Waals surface area contributed by atoms with Crippen LogP contribution in [0.15, 0.2) is 29.6 Å². The molecule has 43 heavy (non-hydrogen) atoms.